The fourth-order valence-electron chi connectivity index (χ4n) is 3.42. The molecule has 0 aromatic heterocycles. The van der Waals surface area contributed by atoms with Gasteiger partial charge < -0.3 is 16.0 Å². The van der Waals surface area contributed by atoms with Gasteiger partial charge in [-0.2, -0.15) is 0 Å². The number of benzene rings is 1. The van der Waals surface area contributed by atoms with Crippen molar-refractivity contribution in [3.63, 3.8) is 0 Å². The van der Waals surface area contributed by atoms with Crippen LogP contribution in [-0.2, 0) is 9.59 Å². The molecule has 3 N–H and O–H groups in total. The molecule has 5 nitrogen and oxygen atoms in total. The van der Waals surface area contributed by atoms with Crippen molar-refractivity contribution in [2.75, 3.05) is 23.7 Å². The van der Waals surface area contributed by atoms with Crippen LogP contribution in [-0.4, -0.2) is 24.9 Å². The Morgan fingerprint density at radius 1 is 1.13 bits per heavy atom. The highest BCUT2D eigenvalue weighted by Crippen LogP contribution is 2.27. The molecule has 1 aromatic carbocycles. The summed E-state index contributed by atoms with van der Waals surface area (Å²) in [6.45, 7) is 1.39. The average Bonchev–Trinajstić information content (AvgIpc) is 3.02. The van der Waals surface area contributed by atoms with E-state index < -0.39 is 0 Å². The molecule has 1 aliphatic carbocycles. The van der Waals surface area contributed by atoms with Crippen LogP contribution in [0.1, 0.15) is 38.5 Å². The van der Waals surface area contributed by atoms with Gasteiger partial charge >= 0.3 is 0 Å². The van der Waals surface area contributed by atoms with Crippen molar-refractivity contribution in [3.8, 4) is 0 Å². The SMILES string of the molecule is O=C1C[C@@H](C(=O)Nc2ccccc2NCC2CCCCC2)CN1. The molecule has 0 bridgehead atoms. The molecule has 2 fully saturated rings. The topological polar surface area (TPSA) is 70.2 Å². The number of para-hydroxylation sites is 2. The van der Waals surface area contributed by atoms with Crippen LogP contribution in [0.15, 0.2) is 24.3 Å². The van der Waals surface area contributed by atoms with E-state index in [4.69, 9.17) is 0 Å². The van der Waals surface area contributed by atoms with Gasteiger partial charge in [-0.3, -0.25) is 9.59 Å². The lowest BCUT2D eigenvalue weighted by atomic mass is 9.89. The van der Waals surface area contributed by atoms with Crippen molar-refractivity contribution >= 4 is 23.2 Å². The molecule has 0 radical (unpaired) electrons. The zero-order valence-corrected chi connectivity index (χ0v) is 13.4. The summed E-state index contributed by atoms with van der Waals surface area (Å²) in [4.78, 5) is 23.5. The number of nitrogens with one attached hydrogen (secondary N) is 3. The van der Waals surface area contributed by atoms with E-state index in [-0.39, 0.29) is 24.2 Å². The van der Waals surface area contributed by atoms with Crippen molar-refractivity contribution in [1.82, 2.24) is 5.32 Å². The number of amides is 2. The van der Waals surface area contributed by atoms with Gasteiger partial charge in [-0.15, -0.1) is 0 Å². The number of rotatable bonds is 5. The van der Waals surface area contributed by atoms with Gasteiger partial charge in [-0.25, -0.2) is 0 Å². The second-order valence-electron chi connectivity index (χ2n) is 6.62. The maximum absolute atomic E-state index is 12.3. The molecule has 2 aliphatic rings. The second kappa shape index (κ2) is 7.49. The van der Waals surface area contributed by atoms with Gasteiger partial charge in [0.05, 0.1) is 17.3 Å². The normalized spacial score (nSPS) is 21.7. The van der Waals surface area contributed by atoms with E-state index in [1.54, 1.807) is 0 Å². The highest BCUT2D eigenvalue weighted by molar-refractivity contribution is 5.99. The van der Waals surface area contributed by atoms with Crippen LogP contribution in [0.2, 0.25) is 0 Å². The Kier molecular flexibility index (Phi) is 5.16. The lowest BCUT2D eigenvalue weighted by molar-refractivity contribution is -0.123. The first kappa shape index (κ1) is 15.8. The number of hydrogen-bond acceptors (Lipinski definition) is 3. The lowest BCUT2D eigenvalue weighted by Crippen LogP contribution is -2.25. The van der Waals surface area contributed by atoms with Crippen molar-refractivity contribution in [3.05, 3.63) is 24.3 Å². The fourth-order valence-corrected chi connectivity index (χ4v) is 3.42. The molecule has 0 spiro atoms. The third-order valence-electron chi connectivity index (χ3n) is 4.84. The van der Waals surface area contributed by atoms with E-state index in [1.165, 1.54) is 32.1 Å². The van der Waals surface area contributed by atoms with Crippen LogP contribution in [0.5, 0.6) is 0 Å². The standard InChI is InChI=1S/C18H25N3O2/c22-17-10-14(12-20-17)18(23)21-16-9-5-4-8-15(16)19-11-13-6-2-1-3-7-13/h4-5,8-9,13-14,19H,1-3,6-7,10-12H2,(H,20,22)(H,21,23)/t14-/m1/s1. The van der Waals surface area contributed by atoms with Crippen molar-refractivity contribution in [1.29, 1.82) is 0 Å². The van der Waals surface area contributed by atoms with Crippen LogP contribution < -0.4 is 16.0 Å². The van der Waals surface area contributed by atoms with Gasteiger partial charge in [-0.1, -0.05) is 31.4 Å². The van der Waals surface area contributed by atoms with Gasteiger partial charge in [0.2, 0.25) is 11.8 Å². The first-order chi connectivity index (χ1) is 11.2. The first-order valence-electron chi connectivity index (χ1n) is 8.63. The Morgan fingerprint density at radius 2 is 1.87 bits per heavy atom. The molecule has 1 aliphatic heterocycles. The van der Waals surface area contributed by atoms with Crippen molar-refractivity contribution < 1.29 is 9.59 Å². The lowest BCUT2D eigenvalue weighted by Gasteiger charge is -2.23. The molecular weight excluding hydrogens is 290 g/mol. The third kappa shape index (κ3) is 4.24. The molecule has 1 saturated carbocycles. The maximum atomic E-state index is 12.3. The summed E-state index contributed by atoms with van der Waals surface area (Å²) in [7, 11) is 0. The van der Waals surface area contributed by atoms with E-state index >= 15 is 0 Å². The van der Waals surface area contributed by atoms with Gasteiger partial charge in [-0.05, 0) is 30.9 Å². The minimum absolute atomic E-state index is 0.0474. The summed E-state index contributed by atoms with van der Waals surface area (Å²) >= 11 is 0. The Labute approximate surface area is 137 Å². The summed E-state index contributed by atoms with van der Waals surface area (Å²) in [5, 5.41) is 9.16. The van der Waals surface area contributed by atoms with E-state index in [0.29, 0.717) is 6.54 Å². The van der Waals surface area contributed by atoms with Crippen LogP contribution in [0.25, 0.3) is 0 Å². The smallest absolute Gasteiger partial charge is 0.229 e. The molecule has 1 saturated heterocycles. The highest BCUT2D eigenvalue weighted by Gasteiger charge is 2.28. The third-order valence-corrected chi connectivity index (χ3v) is 4.84. The monoisotopic (exact) mass is 315 g/mol. The van der Waals surface area contributed by atoms with Crippen LogP contribution >= 0.6 is 0 Å². The molecule has 1 atom stereocenters. The highest BCUT2D eigenvalue weighted by atomic mass is 16.2. The zero-order chi connectivity index (χ0) is 16.1. The van der Waals surface area contributed by atoms with Gasteiger partial charge in [0, 0.05) is 19.5 Å². The van der Waals surface area contributed by atoms with Gasteiger partial charge in [0.25, 0.3) is 0 Å². The molecule has 1 heterocycles. The van der Waals surface area contributed by atoms with Crippen molar-refractivity contribution in [2.24, 2.45) is 11.8 Å². The van der Waals surface area contributed by atoms with E-state index in [0.717, 1.165) is 23.8 Å². The molecule has 2 amide bonds. The molecule has 1 aromatic rings. The first-order valence-corrected chi connectivity index (χ1v) is 8.63. The van der Waals surface area contributed by atoms with Gasteiger partial charge in [0.15, 0.2) is 0 Å². The molecule has 5 heteroatoms. The molecule has 3 rings (SSSR count). The van der Waals surface area contributed by atoms with Crippen LogP contribution in [0.3, 0.4) is 0 Å². The Bertz CT molecular complexity index is 567. The minimum atomic E-state index is -0.270. The largest absolute Gasteiger partial charge is 0.383 e. The van der Waals surface area contributed by atoms with E-state index in [1.807, 2.05) is 24.3 Å². The van der Waals surface area contributed by atoms with Crippen molar-refractivity contribution in [2.45, 2.75) is 38.5 Å². The molecule has 0 unspecified atom stereocenters. The number of carbonyl (C=O) groups is 2. The quantitative estimate of drug-likeness (QED) is 0.782. The number of hydrogen-bond donors (Lipinski definition) is 3. The summed E-state index contributed by atoms with van der Waals surface area (Å²) < 4.78 is 0. The van der Waals surface area contributed by atoms with Crippen LogP contribution in [0.4, 0.5) is 11.4 Å². The molecular formula is C18H25N3O2. The van der Waals surface area contributed by atoms with Gasteiger partial charge in [0.1, 0.15) is 0 Å². The molecule has 124 valence electrons. The number of carbonyl (C=O) groups excluding carboxylic acids is 2. The van der Waals surface area contributed by atoms with E-state index in [2.05, 4.69) is 16.0 Å². The molecule has 23 heavy (non-hydrogen) atoms. The minimum Gasteiger partial charge on any atom is -0.383 e. The fraction of sp³-hybridized carbons (Fsp3) is 0.556. The predicted molar refractivity (Wildman–Crippen MR) is 91.3 cm³/mol. The Hall–Kier alpha value is -2.04. The average molecular weight is 315 g/mol. The predicted octanol–water partition coefficient (Wildman–Crippen LogP) is 2.75. The van der Waals surface area contributed by atoms with E-state index in [9.17, 15) is 9.59 Å². The summed E-state index contributed by atoms with van der Waals surface area (Å²) in [6.07, 6.45) is 6.87. The Morgan fingerprint density at radius 3 is 2.57 bits per heavy atom. The summed E-state index contributed by atoms with van der Waals surface area (Å²) in [6, 6.07) is 7.79. The number of anilines is 2. The summed E-state index contributed by atoms with van der Waals surface area (Å²) in [5.74, 6) is 0.321. The second-order valence-corrected chi connectivity index (χ2v) is 6.62. The zero-order valence-electron chi connectivity index (χ0n) is 13.4. The Balaban J connectivity index is 1.58. The maximum Gasteiger partial charge on any atom is 0.229 e. The van der Waals surface area contributed by atoms with Crippen LogP contribution in [0, 0.1) is 11.8 Å². The summed E-state index contributed by atoms with van der Waals surface area (Å²) in [5.41, 5.74) is 1.76.